The first-order valence-corrected chi connectivity index (χ1v) is 7.30. The van der Waals surface area contributed by atoms with Crippen LogP contribution in [0.25, 0.3) is 0 Å². The molecule has 0 spiro atoms. The molecule has 0 bridgehead atoms. The van der Waals surface area contributed by atoms with E-state index in [1.165, 1.54) is 12.1 Å². The van der Waals surface area contributed by atoms with Gasteiger partial charge in [-0.15, -0.1) is 0 Å². The number of carbonyl (C=O) groups is 2. The normalized spacial score (nSPS) is 10.1. The molecule has 0 aromatic heterocycles. The van der Waals surface area contributed by atoms with Crippen LogP contribution in [0.2, 0.25) is 10.0 Å². The van der Waals surface area contributed by atoms with Gasteiger partial charge in [-0.05, 0) is 43.3 Å². The van der Waals surface area contributed by atoms with Gasteiger partial charge < -0.3 is 10.1 Å². The van der Waals surface area contributed by atoms with Gasteiger partial charge in [-0.2, -0.15) is 0 Å². The van der Waals surface area contributed by atoms with E-state index in [1.807, 2.05) is 0 Å². The maximum atomic E-state index is 12.1. The maximum Gasteiger partial charge on any atom is 0.339 e. The Hall–Kier alpha value is -2.04. The highest BCUT2D eigenvalue weighted by molar-refractivity contribution is 6.34. The lowest BCUT2D eigenvalue weighted by Gasteiger charge is -2.08. The molecular weight excluding hydrogens is 325 g/mol. The van der Waals surface area contributed by atoms with Gasteiger partial charge in [0, 0.05) is 16.3 Å². The molecular formula is C16H13Cl2NO3. The number of rotatable bonds is 4. The Kier molecular flexibility index (Phi) is 5.41. The minimum atomic E-state index is -0.500. The Morgan fingerprint density at radius 2 is 1.91 bits per heavy atom. The van der Waals surface area contributed by atoms with Gasteiger partial charge in [0.1, 0.15) is 0 Å². The Bertz CT molecular complexity index is 716. The number of ether oxygens (including phenoxy) is 1. The van der Waals surface area contributed by atoms with E-state index in [9.17, 15) is 9.59 Å². The van der Waals surface area contributed by atoms with E-state index in [2.05, 4.69) is 5.32 Å². The molecule has 6 heteroatoms. The minimum Gasteiger partial charge on any atom is -0.462 e. The first-order valence-electron chi connectivity index (χ1n) is 6.55. The molecule has 0 unspecified atom stereocenters. The van der Waals surface area contributed by atoms with Crippen LogP contribution in [-0.2, 0) is 4.74 Å². The number of anilines is 1. The highest BCUT2D eigenvalue weighted by Gasteiger charge is 2.13. The van der Waals surface area contributed by atoms with Crippen LogP contribution in [0.5, 0.6) is 0 Å². The fraction of sp³-hybridized carbons (Fsp3) is 0.125. The second-order valence-corrected chi connectivity index (χ2v) is 5.22. The minimum absolute atomic E-state index is 0.211. The van der Waals surface area contributed by atoms with Gasteiger partial charge in [-0.3, -0.25) is 4.79 Å². The zero-order valence-electron chi connectivity index (χ0n) is 11.7. The van der Waals surface area contributed by atoms with Gasteiger partial charge in [0.25, 0.3) is 5.91 Å². The van der Waals surface area contributed by atoms with Crippen molar-refractivity contribution in [2.24, 2.45) is 0 Å². The third kappa shape index (κ3) is 4.00. The molecule has 0 aliphatic rings. The highest BCUT2D eigenvalue weighted by atomic mass is 35.5. The largest absolute Gasteiger partial charge is 0.462 e. The summed E-state index contributed by atoms with van der Waals surface area (Å²) in [4.78, 5) is 23.7. The molecule has 22 heavy (non-hydrogen) atoms. The number of amides is 1. The number of esters is 1. The quantitative estimate of drug-likeness (QED) is 0.840. The number of carbonyl (C=O) groups excluding carboxylic acids is 2. The summed E-state index contributed by atoms with van der Waals surface area (Å²) >= 11 is 11.9. The van der Waals surface area contributed by atoms with E-state index in [0.717, 1.165) is 0 Å². The van der Waals surface area contributed by atoms with Crippen molar-refractivity contribution in [1.82, 2.24) is 0 Å². The number of benzene rings is 2. The molecule has 2 rings (SSSR count). The van der Waals surface area contributed by atoms with Crippen LogP contribution in [0.1, 0.15) is 27.6 Å². The van der Waals surface area contributed by atoms with Crippen LogP contribution in [0, 0.1) is 0 Å². The van der Waals surface area contributed by atoms with E-state index < -0.39 is 5.97 Å². The van der Waals surface area contributed by atoms with Crippen LogP contribution in [0.4, 0.5) is 5.69 Å². The summed E-state index contributed by atoms with van der Waals surface area (Å²) in [7, 11) is 0. The molecule has 0 aliphatic carbocycles. The molecule has 0 saturated heterocycles. The zero-order valence-corrected chi connectivity index (χ0v) is 13.2. The molecule has 0 heterocycles. The molecule has 114 valence electrons. The van der Waals surface area contributed by atoms with Crippen molar-refractivity contribution in [3.05, 3.63) is 63.6 Å². The Labute approximate surface area is 138 Å². The van der Waals surface area contributed by atoms with Crippen LogP contribution in [-0.4, -0.2) is 18.5 Å². The van der Waals surface area contributed by atoms with Gasteiger partial charge >= 0.3 is 5.97 Å². The second kappa shape index (κ2) is 7.29. The molecule has 1 N–H and O–H groups in total. The Morgan fingerprint density at radius 1 is 1.14 bits per heavy atom. The maximum absolute atomic E-state index is 12.1. The van der Waals surface area contributed by atoms with Crippen molar-refractivity contribution in [2.75, 3.05) is 11.9 Å². The van der Waals surface area contributed by atoms with E-state index in [1.54, 1.807) is 37.3 Å². The summed E-state index contributed by atoms with van der Waals surface area (Å²) in [6, 6.07) is 11.2. The van der Waals surface area contributed by atoms with Crippen molar-refractivity contribution in [3.63, 3.8) is 0 Å². The second-order valence-electron chi connectivity index (χ2n) is 4.38. The van der Waals surface area contributed by atoms with Gasteiger partial charge in [0.15, 0.2) is 0 Å². The molecule has 4 nitrogen and oxygen atoms in total. The standard InChI is InChI=1S/C16H13Cl2NO3/c1-2-22-16(21)13-7-6-12(9-14(13)18)19-15(20)10-4-3-5-11(17)8-10/h3-9H,2H2,1H3,(H,19,20). The first kappa shape index (κ1) is 16.3. The van der Waals surface area contributed by atoms with Gasteiger partial charge in [0.05, 0.1) is 17.2 Å². The van der Waals surface area contributed by atoms with Crippen molar-refractivity contribution >= 4 is 40.8 Å². The summed E-state index contributed by atoms with van der Waals surface area (Å²) in [5.74, 6) is -0.817. The molecule has 0 fully saturated rings. The smallest absolute Gasteiger partial charge is 0.339 e. The number of hydrogen-bond donors (Lipinski definition) is 1. The Morgan fingerprint density at radius 3 is 2.55 bits per heavy atom. The van der Waals surface area contributed by atoms with Crippen molar-refractivity contribution in [3.8, 4) is 0 Å². The van der Waals surface area contributed by atoms with Crippen molar-refractivity contribution in [2.45, 2.75) is 6.92 Å². The summed E-state index contributed by atoms with van der Waals surface area (Å²) in [6.45, 7) is 1.98. The summed E-state index contributed by atoms with van der Waals surface area (Å²) in [6.07, 6.45) is 0. The van der Waals surface area contributed by atoms with E-state index in [4.69, 9.17) is 27.9 Å². The average molecular weight is 338 g/mol. The molecule has 2 aromatic carbocycles. The van der Waals surface area contributed by atoms with Crippen LogP contribution in [0.15, 0.2) is 42.5 Å². The van der Waals surface area contributed by atoms with Gasteiger partial charge in [0.2, 0.25) is 0 Å². The van der Waals surface area contributed by atoms with Gasteiger partial charge in [-0.25, -0.2) is 4.79 Å². The summed E-state index contributed by atoms with van der Waals surface area (Å²) in [5.41, 5.74) is 1.16. The van der Waals surface area contributed by atoms with Gasteiger partial charge in [-0.1, -0.05) is 29.3 Å². The fourth-order valence-electron chi connectivity index (χ4n) is 1.80. The lowest BCUT2D eigenvalue weighted by molar-refractivity contribution is 0.0526. The number of hydrogen-bond acceptors (Lipinski definition) is 3. The lowest BCUT2D eigenvalue weighted by Crippen LogP contribution is -2.12. The molecule has 0 saturated carbocycles. The molecule has 0 aliphatic heterocycles. The Balaban J connectivity index is 2.15. The molecule has 0 radical (unpaired) electrons. The number of halogens is 2. The van der Waals surface area contributed by atoms with Crippen LogP contribution in [0.3, 0.4) is 0 Å². The molecule has 2 aromatic rings. The lowest BCUT2D eigenvalue weighted by atomic mass is 10.2. The summed E-state index contributed by atoms with van der Waals surface area (Å²) in [5, 5.41) is 3.38. The van der Waals surface area contributed by atoms with Crippen LogP contribution >= 0.6 is 23.2 Å². The third-order valence-corrected chi connectivity index (χ3v) is 3.36. The first-order chi connectivity index (χ1) is 10.5. The number of nitrogens with one attached hydrogen (secondary N) is 1. The van der Waals surface area contributed by atoms with Crippen LogP contribution < -0.4 is 5.32 Å². The predicted molar refractivity (Wildman–Crippen MR) is 86.8 cm³/mol. The zero-order chi connectivity index (χ0) is 16.1. The molecule has 1 amide bonds. The highest BCUT2D eigenvalue weighted by Crippen LogP contribution is 2.22. The SMILES string of the molecule is CCOC(=O)c1ccc(NC(=O)c2cccc(Cl)c2)cc1Cl. The molecule has 0 atom stereocenters. The van der Waals surface area contributed by atoms with E-state index in [0.29, 0.717) is 16.3 Å². The predicted octanol–water partition coefficient (Wildman–Crippen LogP) is 4.42. The monoisotopic (exact) mass is 337 g/mol. The van der Waals surface area contributed by atoms with E-state index >= 15 is 0 Å². The topological polar surface area (TPSA) is 55.4 Å². The fourth-order valence-corrected chi connectivity index (χ4v) is 2.25. The van der Waals surface area contributed by atoms with Crippen molar-refractivity contribution in [1.29, 1.82) is 0 Å². The van der Waals surface area contributed by atoms with E-state index in [-0.39, 0.29) is 23.1 Å². The van der Waals surface area contributed by atoms with Crippen molar-refractivity contribution < 1.29 is 14.3 Å². The average Bonchev–Trinajstić information content (AvgIpc) is 2.47. The third-order valence-electron chi connectivity index (χ3n) is 2.81. The summed E-state index contributed by atoms with van der Waals surface area (Å²) < 4.78 is 4.89.